The minimum Gasteiger partial charge on any atom is -0.353 e. The van der Waals surface area contributed by atoms with Crippen LogP contribution in [0.25, 0.3) is 0 Å². The van der Waals surface area contributed by atoms with Crippen LogP contribution in [0.15, 0.2) is 0 Å². The van der Waals surface area contributed by atoms with Crippen molar-refractivity contribution in [3.63, 3.8) is 0 Å². The largest absolute Gasteiger partial charge is 0.393 e. The lowest BCUT2D eigenvalue weighted by Crippen LogP contribution is -2.52. The van der Waals surface area contributed by atoms with E-state index in [0.717, 1.165) is 0 Å². The summed E-state index contributed by atoms with van der Waals surface area (Å²) in [4.78, 5) is 13.4. The first-order chi connectivity index (χ1) is 8.21. The second-order valence-electron chi connectivity index (χ2n) is 5.21. The van der Waals surface area contributed by atoms with E-state index in [4.69, 9.17) is 0 Å². The van der Waals surface area contributed by atoms with Gasteiger partial charge in [0.25, 0.3) is 0 Å². The van der Waals surface area contributed by atoms with Gasteiger partial charge in [-0.15, -0.1) is 0 Å². The number of hydrogen-bond donors (Lipinski definition) is 1. The van der Waals surface area contributed by atoms with Crippen molar-refractivity contribution in [3.8, 4) is 0 Å². The molecular formula is C12H21F3N2O. The first-order valence-electron chi connectivity index (χ1n) is 6.33. The topological polar surface area (TPSA) is 32.3 Å². The van der Waals surface area contributed by atoms with Crippen LogP contribution in [0.4, 0.5) is 13.2 Å². The van der Waals surface area contributed by atoms with Crippen LogP contribution < -0.4 is 5.32 Å². The summed E-state index contributed by atoms with van der Waals surface area (Å²) in [5.41, 5.74) is 0. The number of rotatable bonds is 3. The molecule has 1 N–H and O–H groups in total. The fourth-order valence-corrected chi connectivity index (χ4v) is 2.20. The molecule has 0 aliphatic carbocycles. The normalized spacial score (nSPS) is 24.1. The fraction of sp³-hybridized carbons (Fsp3) is 0.917. The number of amides is 1. The number of nitrogens with zero attached hydrogens (tertiary/aromatic N) is 1. The Kier molecular flexibility index (Phi) is 5.01. The molecule has 1 rings (SSSR count). The van der Waals surface area contributed by atoms with Gasteiger partial charge in [0.15, 0.2) is 0 Å². The third-order valence-electron chi connectivity index (χ3n) is 3.27. The van der Waals surface area contributed by atoms with Gasteiger partial charge in [-0.2, -0.15) is 13.2 Å². The summed E-state index contributed by atoms with van der Waals surface area (Å²) in [6, 6.07) is -0.499. The molecule has 0 radical (unpaired) electrons. The number of carbonyl (C=O) groups is 1. The Hall–Kier alpha value is -0.780. The summed E-state index contributed by atoms with van der Waals surface area (Å²) >= 11 is 0. The highest BCUT2D eigenvalue weighted by Gasteiger charge is 2.43. The first kappa shape index (κ1) is 15.3. The molecule has 1 aliphatic rings. The Morgan fingerprint density at radius 2 is 1.94 bits per heavy atom. The third-order valence-corrected chi connectivity index (χ3v) is 3.27. The Labute approximate surface area is 106 Å². The number of carbonyl (C=O) groups excluding carboxylic acids is 1. The zero-order valence-electron chi connectivity index (χ0n) is 11.0. The molecule has 0 saturated carbocycles. The molecule has 0 aromatic heterocycles. The van der Waals surface area contributed by atoms with Crippen molar-refractivity contribution >= 4 is 5.91 Å². The summed E-state index contributed by atoms with van der Waals surface area (Å²) < 4.78 is 38.0. The zero-order valence-corrected chi connectivity index (χ0v) is 11.0. The van der Waals surface area contributed by atoms with Crippen molar-refractivity contribution in [1.29, 1.82) is 0 Å². The Balaban J connectivity index is 2.58. The molecule has 0 aromatic carbocycles. The Bertz CT molecular complexity index is 292. The van der Waals surface area contributed by atoms with Gasteiger partial charge in [-0.3, -0.25) is 9.69 Å². The highest BCUT2D eigenvalue weighted by Crippen LogP contribution is 2.33. The van der Waals surface area contributed by atoms with Crippen LogP contribution in [0.1, 0.15) is 33.6 Å². The predicted octanol–water partition coefficient (Wildman–Crippen LogP) is 2.17. The molecule has 1 amide bonds. The summed E-state index contributed by atoms with van der Waals surface area (Å²) in [5.74, 6) is -1.51. The number of alkyl halides is 3. The molecule has 0 aromatic rings. The number of likely N-dealkylation sites (tertiary alicyclic amines) is 1. The highest BCUT2D eigenvalue weighted by atomic mass is 19.4. The van der Waals surface area contributed by atoms with Crippen LogP contribution in [-0.4, -0.2) is 42.2 Å². The van der Waals surface area contributed by atoms with E-state index in [-0.39, 0.29) is 24.9 Å². The SMILES string of the molecule is CC(C)NC(=O)[C@H](C)N1CCC[C@@H](C(F)(F)F)C1. The van der Waals surface area contributed by atoms with E-state index in [1.54, 1.807) is 11.8 Å². The molecule has 1 fully saturated rings. The van der Waals surface area contributed by atoms with E-state index < -0.39 is 18.1 Å². The summed E-state index contributed by atoms with van der Waals surface area (Å²) in [7, 11) is 0. The van der Waals surface area contributed by atoms with Gasteiger partial charge in [0, 0.05) is 12.6 Å². The number of piperidine rings is 1. The molecule has 106 valence electrons. The lowest BCUT2D eigenvalue weighted by Gasteiger charge is -2.36. The third kappa shape index (κ3) is 4.15. The van der Waals surface area contributed by atoms with Gasteiger partial charge in [-0.1, -0.05) is 0 Å². The molecule has 18 heavy (non-hydrogen) atoms. The van der Waals surface area contributed by atoms with Crippen LogP contribution in [0.5, 0.6) is 0 Å². The van der Waals surface area contributed by atoms with Crippen LogP contribution in [-0.2, 0) is 4.79 Å². The average molecular weight is 266 g/mol. The Morgan fingerprint density at radius 1 is 1.33 bits per heavy atom. The van der Waals surface area contributed by atoms with Crippen molar-refractivity contribution in [2.75, 3.05) is 13.1 Å². The number of nitrogens with one attached hydrogen (secondary N) is 1. The van der Waals surface area contributed by atoms with Crippen molar-refractivity contribution < 1.29 is 18.0 Å². The van der Waals surface area contributed by atoms with E-state index in [1.807, 2.05) is 13.8 Å². The molecule has 1 heterocycles. The maximum atomic E-state index is 12.7. The highest BCUT2D eigenvalue weighted by molar-refractivity contribution is 5.81. The molecule has 1 saturated heterocycles. The van der Waals surface area contributed by atoms with E-state index in [1.165, 1.54) is 0 Å². The van der Waals surface area contributed by atoms with Crippen LogP contribution in [0, 0.1) is 5.92 Å². The second kappa shape index (κ2) is 5.91. The van der Waals surface area contributed by atoms with E-state index in [2.05, 4.69) is 5.32 Å². The van der Waals surface area contributed by atoms with Crippen molar-refractivity contribution in [1.82, 2.24) is 10.2 Å². The summed E-state index contributed by atoms with van der Waals surface area (Å²) in [5, 5.41) is 2.73. The fourth-order valence-electron chi connectivity index (χ4n) is 2.20. The molecule has 2 atom stereocenters. The Morgan fingerprint density at radius 3 is 2.44 bits per heavy atom. The molecule has 0 spiro atoms. The van der Waals surface area contributed by atoms with Crippen LogP contribution in [0.2, 0.25) is 0 Å². The van der Waals surface area contributed by atoms with Gasteiger partial charge in [0.05, 0.1) is 12.0 Å². The van der Waals surface area contributed by atoms with Crippen molar-refractivity contribution in [3.05, 3.63) is 0 Å². The van der Waals surface area contributed by atoms with E-state index in [9.17, 15) is 18.0 Å². The predicted molar refractivity (Wildman–Crippen MR) is 63.1 cm³/mol. The molecule has 0 bridgehead atoms. The maximum absolute atomic E-state index is 12.7. The van der Waals surface area contributed by atoms with Crippen molar-refractivity contribution in [2.45, 2.75) is 51.9 Å². The first-order valence-corrected chi connectivity index (χ1v) is 6.33. The second-order valence-corrected chi connectivity index (χ2v) is 5.21. The molecular weight excluding hydrogens is 245 g/mol. The standard InChI is InChI=1S/C12H21F3N2O/c1-8(2)16-11(18)9(3)17-6-4-5-10(7-17)12(13,14)15/h8-10H,4-7H2,1-3H3,(H,16,18)/t9-,10+/m0/s1. The van der Waals surface area contributed by atoms with Gasteiger partial charge in [0.2, 0.25) is 5.91 Å². The number of hydrogen-bond acceptors (Lipinski definition) is 2. The van der Waals surface area contributed by atoms with Crippen LogP contribution in [0.3, 0.4) is 0 Å². The van der Waals surface area contributed by atoms with Gasteiger partial charge in [-0.25, -0.2) is 0 Å². The lowest BCUT2D eigenvalue weighted by molar-refractivity contribution is -0.189. The van der Waals surface area contributed by atoms with E-state index >= 15 is 0 Å². The smallest absolute Gasteiger partial charge is 0.353 e. The van der Waals surface area contributed by atoms with Crippen LogP contribution >= 0.6 is 0 Å². The summed E-state index contributed by atoms with van der Waals surface area (Å²) in [6.07, 6.45) is -3.51. The monoisotopic (exact) mass is 266 g/mol. The minimum absolute atomic E-state index is 0.00292. The maximum Gasteiger partial charge on any atom is 0.393 e. The average Bonchev–Trinajstić information content (AvgIpc) is 2.26. The minimum atomic E-state index is -4.16. The molecule has 0 unspecified atom stereocenters. The van der Waals surface area contributed by atoms with E-state index in [0.29, 0.717) is 13.0 Å². The molecule has 3 nitrogen and oxygen atoms in total. The molecule has 1 aliphatic heterocycles. The van der Waals surface area contributed by atoms with Crippen molar-refractivity contribution in [2.24, 2.45) is 5.92 Å². The number of halogens is 3. The van der Waals surface area contributed by atoms with Gasteiger partial charge >= 0.3 is 6.18 Å². The van der Waals surface area contributed by atoms with Gasteiger partial charge in [-0.05, 0) is 40.2 Å². The summed E-state index contributed by atoms with van der Waals surface area (Å²) in [6.45, 7) is 5.81. The zero-order chi connectivity index (χ0) is 13.9. The molecule has 6 heteroatoms. The lowest BCUT2D eigenvalue weighted by atomic mass is 9.96. The van der Waals surface area contributed by atoms with Gasteiger partial charge < -0.3 is 5.32 Å². The quantitative estimate of drug-likeness (QED) is 0.849. The van der Waals surface area contributed by atoms with Gasteiger partial charge in [0.1, 0.15) is 0 Å².